The van der Waals surface area contributed by atoms with Crippen molar-refractivity contribution in [2.24, 2.45) is 0 Å². The SMILES string of the molecule is O=C(NCc1ccccc1)C1Cc2ccccc2CN1S(=O)(=O)c1cccs1. The second kappa shape index (κ2) is 7.87. The molecule has 0 saturated carbocycles. The van der Waals surface area contributed by atoms with E-state index in [9.17, 15) is 13.2 Å². The Morgan fingerprint density at radius 3 is 2.43 bits per heavy atom. The molecule has 1 aliphatic heterocycles. The number of carbonyl (C=O) groups excluding carboxylic acids is 1. The normalized spacial score (nSPS) is 17.1. The van der Waals surface area contributed by atoms with Gasteiger partial charge >= 0.3 is 0 Å². The number of nitrogens with one attached hydrogen (secondary N) is 1. The highest BCUT2D eigenvalue weighted by atomic mass is 32.2. The summed E-state index contributed by atoms with van der Waals surface area (Å²) in [6, 6.07) is 19.8. The molecule has 1 N–H and O–H groups in total. The Hall–Kier alpha value is -2.48. The van der Waals surface area contributed by atoms with Gasteiger partial charge in [-0.05, 0) is 34.6 Å². The fourth-order valence-electron chi connectivity index (χ4n) is 3.40. The van der Waals surface area contributed by atoms with Crippen molar-refractivity contribution in [1.29, 1.82) is 0 Å². The van der Waals surface area contributed by atoms with Crippen LogP contribution in [0.2, 0.25) is 0 Å². The van der Waals surface area contributed by atoms with Crippen molar-refractivity contribution in [1.82, 2.24) is 9.62 Å². The molecule has 28 heavy (non-hydrogen) atoms. The lowest BCUT2D eigenvalue weighted by Crippen LogP contribution is -2.52. The van der Waals surface area contributed by atoms with E-state index in [2.05, 4.69) is 5.32 Å². The second-order valence-corrected chi connectivity index (χ2v) is 9.74. The first-order chi connectivity index (χ1) is 13.6. The van der Waals surface area contributed by atoms with Crippen molar-refractivity contribution < 1.29 is 13.2 Å². The Balaban J connectivity index is 1.63. The number of nitrogens with zero attached hydrogens (tertiary/aromatic N) is 1. The molecule has 4 rings (SSSR count). The fourth-order valence-corrected chi connectivity index (χ4v) is 6.09. The van der Waals surface area contributed by atoms with Gasteiger partial charge in [-0.1, -0.05) is 60.7 Å². The van der Waals surface area contributed by atoms with Gasteiger partial charge < -0.3 is 5.32 Å². The van der Waals surface area contributed by atoms with E-state index in [0.29, 0.717) is 13.0 Å². The number of thiophene rings is 1. The zero-order chi connectivity index (χ0) is 19.6. The zero-order valence-electron chi connectivity index (χ0n) is 15.1. The Bertz CT molecular complexity index is 1060. The van der Waals surface area contributed by atoms with Gasteiger partial charge in [0.05, 0.1) is 0 Å². The van der Waals surface area contributed by atoms with Crippen LogP contribution in [0, 0.1) is 0 Å². The van der Waals surface area contributed by atoms with E-state index in [4.69, 9.17) is 0 Å². The molecule has 1 aliphatic rings. The van der Waals surface area contributed by atoms with Gasteiger partial charge in [0.25, 0.3) is 10.0 Å². The highest BCUT2D eigenvalue weighted by Crippen LogP contribution is 2.30. The van der Waals surface area contributed by atoms with Crippen molar-refractivity contribution in [2.75, 3.05) is 0 Å². The Labute approximate surface area is 168 Å². The molecular formula is C21H20N2O3S2. The van der Waals surface area contributed by atoms with Gasteiger partial charge in [-0.3, -0.25) is 4.79 Å². The molecule has 7 heteroatoms. The number of fused-ring (bicyclic) bond motifs is 1. The van der Waals surface area contributed by atoms with Crippen LogP contribution < -0.4 is 5.32 Å². The molecular weight excluding hydrogens is 392 g/mol. The number of rotatable bonds is 5. The van der Waals surface area contributed by atoms with Gasteiger partial charge in [0.1, 0.15) is 10.3 Å². The summed E-state index contributed by atoms with van der Waals surface area (Å²) in [5, 5.41) is 4.64. The minimum atomic E-state index is -3.75. The molecule has 1 atom stereocenters. The molecule has 0 radical (unpaired) electrons. The van der Waals surface area contributed by atoms with Gasteiger partial charge in [0.2, 0.25) is 5.91 Å². The van der Waals surface area contributed by atoms with E-state index in [1.807, 2.05) is 54.6 Å². The number of benzene rings is 2. The maximum Gasteiger partial charge on any atom is 0.253 e. The average Bonchev–Trinajstić information content (AvgIpc) is 3.27. The number of hydrogen-bond donors (Lipinski definition) is 1. The van der Waals surface area contributed by atoms with Crippen molar-refractivity contribution in [3.8, 4) is 0 Å². The minimum absolute atomic E-state index is 0.194. The third kappa shape index (κ3) is 3.73. The standard InChI is InChI=1S/C21H20N2O3S2/c24-21(22-14-16-7-2-1-3-8-16)19-13-17-9-4-5-10-18(17)15-23(19)28(25,26)20-11-6-12-27-20/h1-12,19H,13-15H2,(H,22,24). The minimum Gasteiger partial charge on any atom is -0.351 e. The summed E-state index contributed by atoms with van der Waals surface area (Å²) in [6.45, 7) is 0.560. The Morgan fingerprint density at radius 1 is 1.00 bits per heavy atom. The summed E-state index contributed by atoms with van der Waals surface area (Å²) in [6.07, 6.45) is 0.363. The highest BCUT2D eigenvalue weighted by molar-refractivity contribution is 7.91. The summed E-state index contributed by atoms with van der Waals surface area (Å²) in [4.78, 5) is 13.0. The first kappa shape index (κ1) is 18.9. The fraction of sp³-hybridized carbons (Fsp3) is 0.190. The number of hydrogen-bond acceptors (Lipinski definition) is 4. The monoisotopic (exact) mass is 412 g/mol. The zero-order valence-corrected chi connectivity index (χ0v) is 16.7. The average molecular weight is 413 g/mol. The molecule has 1 amide bonds. The van der Waals surface area contributed by atoms with E-state index in [1.165, 1.54) is 15.6 Å². The van der Waals surface area contributed by atoms with Crippen LogP contribution in [0.1, 0.15) is 16.7 Å². The van der Waals surface area contributed by atoms with Gasteiger partial charge in [-0.15, -0.1) is 11.3 Å². The van der Waals surface area contributed by atoms with Gasteiger partial charge in [0.15, 0.2) is 0 Å². The maximum absolute atomic E-state index is 13.2. The quantitative estimate of drug-likeness (QED) is 0.700. The Kier molecular flexibility index (Phi) is 5.30. The topological polar surface area (TPSA) is 66.5 Å². The lowest BCUT2D eigenvalue weighted by Gasteiger charge is -2.34. The molecule has 2 heterocycles. The molecule has 1 aromatic heterocycles. The van der Waals surface area contributed by atoms with Crippen LogP contribution in [-0.4, -0.2) is 24.7 Å². The van der Waals surface area contributed by atoms with Crippen LogP contribution in [-0.2, 0) is 34.3 Å². The largest absolute Gasteiger partial charge is 0.351 e. The number of carbonyl (C=O) groups is 1. The summed E-state index contributed by atoms with van der Waals surface area (Å²) < 4.78 is 28.0. The molecule has 3 aromatic rings. The van der Waals surface area contributed by atoms with Crippen molar-refractivity contribution >= 4 is 27.3 Å². The van der Waals surface area contributed by atoms with Crippen LogP contribution in [0.5, 0.6) is 0 Å². The number of sulfonamides is 1. The third-order valence-corrected chi connectivity index (χ3v) is 8.10. The van der Waals surface area contributed by atoms with Gasteiger partial charge in [-0.2, -0.15) is 4.31 Å². The van der Waals surface area contributed by atoms with E-state index >= 15 is 0 Å². The molecule has 144 valence electrons. The molecule has 0 bridgehead atoms. The predicted molar refractivity (Wildman–Crippen MR) is 109 cm³/mol. The van der Waals surface area contributed by atoms with Crippen molar-refractivity contribution in [2.45, 2.75) is 29.8 Å². The molecule has 1 unspecified atom stereocenters. The van der Waals surface area contributed by atoms with Crippen LogP contribution in [0.3, 0.4) is 0 Å². The van der Waals surface area contributed by atoms with E-state index in [1.54, 1.807) is 17.5 Å². The van der Waals surface area contributed by atoms with Crippen LogP contribution in [0.4, 0.5) is 0 Å². The molecule has 5 nitrogen and oxygen atoms in total. The van der Waals surface area contributed by atoms with E-state index in [0.717, 1.165) is 16.7 Å². The van der Waals surface area contributed by atoms with Crippen LogP contribution in [0.25, 0.3) is 0 Å². The summed E-state index contributed by atoms with van der Waals surface area (Å²) in [7, 11) is -3.75. The molecule has 2 aromatic carbocycles. The van der Waals surface area contributed by atoms with Crippen molar-refractivity contribution in [3.63, 3.8) is 0 Å². The number of amides is 1. The summed E-state index contributed by atoms with van der Waals surface area (Å²) in [5.74, 6) is -0.279. The molecule has 0 aliphatic carbocycles. The first-order valence-corrected chi connectivity index (χ1v) is 11.3. The third-order valence-electron chi connectivity index (χ3n) is 4.88. The lowest BCUT2D eigenvalue weighted by atomic mass is 9.95. The Morgan fingerprint density at radius 2 is 1.71 bits per heavy atom. The summed E-state index contributed by atoms with van der Waals surface area (Å²) in [5.41, 5.74) is 2.93. The lowest BCUT2D eigenvalue weighted by molar-refractivity contribution is -0.125. The maximum atomic E-state index is 13.2. The smallest absolute Gasteiger partial charge is 0.253 e. The van der Waals surface area contributed by atoms with Gasteiger partial charge in [-0.25, -0.2) is 8.42 Å². The second-order valence-electron chi connectivity index (χ2n) is 6.67. The molecule has 0 spiro atoms. The molecule has 0 fully saturated rings. The predicted octanol–water partition coefficient (Wildman–Crippen LogP) is 3.18. The van der Waals surface area contributed by atoms with E-state index in [-0.39, 0.29) is 16.7 Å². The molecule has 0 saturated heterocycles. The highest BCUT2D eigenvalue weighted by Gasteiger charge is 2.39. The van der Waals surface area contributed by atoms with Crippen LogP contribution in [0.15, 0.2) is 76.3 Å². The summed E-state index contributed by atoms with van der Waals surface area (Å²) >= 11 is 1.17. The first-order valence-electron chi connectivity index (χ1n) is 8.99. The van der Waals surface area contributed by atoms with Crippen LogP contribution >= 0.6 is 11.3 Å². The van der Waals surface area contributed by atoms with Crippen molar-refractivity contribution in [3.05, 3.63) is 88.8 Å². The van der Waals surface area contributed by atoms with E-state index < -0.39 is 16.1 Å². The van der Waals surface area contributed by atoms with Gasteiger partial charge in [0, 0.05) is 13.1 Å².